The molecule has 24 heavy (non-hydrogen) atoms. The van der Waals surface area contributed by atoms with E-state index in [0.717, 1.165) is 24.5 Å². The molecule has 2 heterocycles. The molecule has 1 aromatic carbocycles. The maximum absolute atomic E-state index is 13.0. The van der Waals surface area contributed by atoms with Crippen LogP contribution in [0.1, 0.15) is 30.3 Å². The quantitative estimate of drug-likeness (QED) is 0.905. The topological polar surface area (TPSA) is 50.2 Å². The maximum atomic E-state index is 13.0. The van der Waals surface area contributed by atoms with Crippen LogP contribution >= 0.6 is 24.0 Å². The van der Waals surface area contributed by atoms with Crippen molar-refractivity contribution in [1.29, 1.82) is 0 Å². The molecule has 1 amide bonds. The largest absolute Gasteiger partial charge is 0.336 e. The van der Waals surface area contributed by atoms with Crippen molar-refractivity contribution in [3.63, 3.8) is 0 Å². The molecule has 3 rings (SSSR count). The summed E-state index contributed by atoms with van der Waals surface area (Å²) in [6, 6.07) is 7.48. The van der Waals surface area contributed by atoms with Gasteiger partial charge in [-0.3, -0.25) is 4.79 Å². The van der Waals surface area contributed by atoms with Crippen molar-refractivity contribution in [2.75, 3.05) is 19.6 Å². The molecule has 1 aliphatic heterocycles. The maximum Gasteiger partial charge on any atom is 0.230 e. The van der Waals surface area contributed by atoms with Crippen LogP contribution in [-0.4, -0.2) is 40.0 Å². The second-order valence-corrected chi connectivity index (χ2v) is 6.36. The third kappa shape index (κ3) is 3.74. The van der Waals surface area contributed by atoms with E-state index in [-0.39, 0.29) is 30.3 Å². The first-order valence-corrected chi connectivity index (χ1v) is 8.19. The van der Waals surface area contributed by atoms with Gasteiger partial charge in [0.1, 0.15) is 11.9 Å². The zero-order valence-corrected chi connectivity index (χ0v) is 15.3. The van der Waals surface area contributed by atoms with Crippen LogP contribution in [0.3, 0.4) is 0 Å². The zero-order valence-electron chi connectivity index (χ0n) is 13.8. The van der Waals surface area contributed by atoms with Gasteiger partial charge in [-0.15, -0.1) is 12.4 Å². The van der Waals surface area contributed by atoms with Crippen molar-refractivity contribution < 1.29 is 4.79 Å². The smallest absolute Gasteiger partial charge is 0.230 e. The highest BCUT2D eigenvalue weighted by atomic mass is 35.5. The van der Waals surface area contributed by atoms with Crippen LogP contribution in [0.4, 0.5) is 0 Å². The van der Waals surface area contributed by atoms with Crippen LogP contribution in [-0.2, 0) is 11.8 Å². The Balaban J connectivity index is 0.00000208. The summed E-state index contributed by atoms with van der Waals surface area (Å²) in [5, 5.41) is 4.01. The second kappa shape index (κ2) is 8.01. The van der Waals surface area contributed by atoms with Crippen LogP contribution in [0.15, 0.2) is 36.7 Å². The number of carbonyl (C=O) groups excluding carboxylic acids is 1. The minimum Gasteiger partial charge on any atom is -0.336 e. The number of halogens is 2. The molecule has 1 aromatic heterocycles. The van der Waals surface area contributed by atoms with Gasteiger partial charge in [0.05, 0.1) is 5.92 Å². The van der Waals surface area contributed by atoms with Crippen molar-refractivity contribution in [3.8, 4) is 0 Å². The summed E-state index contributed by atoms with van der Waals surface area (Å²) in [6.07, 6.45) is 3.68. The predicted octanol–water partition coefficient (Wildman–Crippen LogP) is 2.77. The molecule has 130 valence electrons. The van der Waals surface area contributed by atoms with E-state index in [1.807, 2.05) is 53.9 Å². The van der Waals surface area contributed by atoms with Gasteiger partial charge in [-0.25, -0.2) is 4.98 Å². The predicted molar refractivity (Wildman–Crippen MR) is 97.6 cm³/mol. The second-order valence-electron chi connectivity index (χ2n) is 5.92. The lowest BCUT2D eigenvalue weighted by Crippen LogP contribution is -2.50. The van der Waals surface area contributed by atoms with E-state index in [4.69, 9.17) is 11.6 Å². The number of benzene rings is 1. The van der Waals surface area contributed by atoms with Gasteiger partial charge in [-0.05, 0) is 24.6 Å². The van der Waals surface area contributed by atoms with E-state index in [9.17, 15) is 4.79 Å². The molecule has 2 unspecified atom stereocenters. The molecule has 1 N–H and O–H groups in total. The van der Waals surface area contributed by atoms with Gasteiger partial charge >= 0.3 is 0 Å². The summed E-state index contributed by atoms with van der Waals surface area (Å²) in [5.41, 5.74) is 0.944. The number of nitrogens with one attached hydrogen (secondary N) is 1. The molecule has 0 aliphatic carbocycles. The minimum absolute atomic E-state index is 0. The molecule has 0 spiro atoms. The number of nitrogens with zero attached hydrogens (tertiary/aromatic N) is 3. The summed E-state index contributed by atoms with van der Waals surface area (Å²) in [4.78, 5) is 19.4. The number of rotatable bonds is 3. The molecule has 0 radical (unpaired) electrons. The van der Waals surface area contributed by atoms with E-state index in [1.54, 1.807) is 6.20 Å². The van der Waals surface area contributed by atoms with Crippen molar-refractivity contribution >= 4 is 29.9 Å². The van der Waals surface area contributed by atoms with Crippen LogP contribution in [0.25, 0.3) is 0 Å². The van der Waals surface area contributed by atoms with Crippen molar-refractivity contribution in [3.05, 3.63) is 53.1 Å². The molecule has 5 nitrogen and oxygen atoms in total. The summed E-state index contributed by atoms with van der Waals surface area (Å²) >= 11 is 6.06. The monoisotopic (exact) mass is 368 g/mol. The van der Waals surface area contributed by atoms with E-state index in [1.165, 1.54) is 0 Å². The van der Waals surface area contributed by atoms with Gasteiger partial charge in [-0.2, -0.15) is 0 Å². The number of aromatic nitrogens is 2. The van der Waals surface area contributed by atoms with Gasteiger partial charge in [0, 0.05) is 44.1 Å². The lowest BCUT2D eigenvalue weighted by atomic mass is 9.98. The molecule has 0 bridgehead atoms. The third-order valence-corrected chi connectivity index (χ3v) is 4.64. The molecular formula is C17H22Cl2N4O. The normalized spacial score (nSPS) is 18.8. The van der Waals surface area contributed by atoms with Gasteiger partial charge in [0.25, 0.3) is 0 Å². The van der Waals surface area contributed by atoms with Crippen molar-refractivity contribution in [1.82, 2.24) is 19.8 Å². The Morgan fingerprint density at radius 3 is 2.92 bits per heavy atom. The first-order valence-electron chi connectivity index (χ1n) is 7.82. The molecule has 1 saturated heterocycles. The number of amides is 1. The Hall–Kier alpha value is -1.56. The molecule has 0 saturated carbocycles. The summed E-state index contributed by atoms with van der Waals surface area (Å²) in [6.45, 7) is 4.14. The Bertz CT molecular complexity index is 703. The Kier molecular flexibility index (Phi) is 6.27. The Labute approximate surface area is 153 Å². The van der Waals surface area contributed by atoms with Crippen LogP contribution in [0, 0.1) is 0 Å². The average molecular weight is 369 g/mol. The van der Waals surface area contributed by atoms with Gasteiger partial charge in [-0.1, -0.05) is 23.7 Å². The average Bonchev–Trinajstić information content (AvgIpc) is 2.99. The first-order chi connectivity index (χ1) is 11.1. The summed E-state index contributed by atoms with van der Waals surface area (Å²) < 4.78 is 1.97. The summed E-state index contributed by atoms with van der Waals surface area (Å²) in [7, 11) is 1.96. The molecule has 1 fully saturated rings. The summed E-state index contributed by atoms with van der Waals surface area (Å²) in [5.74, 6) is 0.792. The van der Waals surface area contributed by atoms with Crippen molar-refractivity contribution in [2.45, 2.75) is 18.9 Å². The lowest BCUT2D eigenvalue weighted by molar-refractivity contribution is -0.136. The number of hydrogen-bond acceptors (Lipinski definition) is 3. The number of aryl methyl sites for hydroxylation is 1. The molecule has 7 heteroatoms. The third-order valence-electron chi connectivity index (χ3n) is 4.40. The van der Waals surface area contributed by atoms with E-state index in [0.29, 0.717) is 11.6 Å². The Morgan fingerprint density at radius 1 is 1.46 bits per heavy atom. The van der Waals surface area contributed by atoms with Gasteiger partial charge in [0.2, 0.25) is 5.91 Å². The lowest BCUT2D eigenvalue weighted by Gasteiger charge is -2.37. The molecular weight excluding hydrogens is 347 g/mol. The first kappa shape index (κ1) is 18.8. The number of carbonyl (C=O) groups is 1. The zero-order chi connectivity index (χ0) is 16.4. The van der Waals surface area contributed by atoms with E-state index >= 15 is 0 Å². The molecule has 2 aromatic rings. The van der Waals surface area contributed by atoms with Gasteiger partial charge < -0.3 is 14.8 Å². The number of hydrogen-bond donors (Lipinski definition) is 1. The highest BCUT2D eigenvalue weighted by Crippen LogP contribution is 2.27. The highest BCUT2D eigenvalue weighted by Gasteiger charge is 2.33. The minimum atomic E-state index is -0.227. The fourth-order valence-electron chi connectivity index (χ4n) is 3.06. The number of imidazole rings is 1. The van der Waals surface area contributed by atoms with Crippen LogP contribution in [0.2, 0.25) is 5.02 Å². The van der Waals surface area contributed by atoms with E-state index < -0.39 is 0 Å². The van der Waals surface area contributed by atoms with Crippen LogP contribution < -0.4 is 5.32 Å². The fourth-order valence-corrected chi connectivity index (χ4v) is 3.26. The van der Waals surface area contributed by atoms with Crippen LogP contribution in [0.5, 0.6) is 0 Å². The standard InChI is InChI=1S/C17H21ClN4O.ClH/c1-12(13-4-3-5-14(18)10-13)17(23)22-9-6-19-11-15(22)16-20-7-8-21(16)2;/h3-5,7-8,10,12,15,19H,6,9,11H2,1-2H3;1H. The fraction of sp³-hybridized carbons (Fsp3) is 0.412. The van der Waals surface area contributed by atoms with Crippen molar-refractivity contribution in [2.24, 2.45) is 7.05 Å². The SMILES string of the molecule is CC(C(=O)N1CCNCC1c1nccn1C)c1cccc(Cl)c1.Cl. The highest BCUT2D eigenvalue weighted by molar-refractivity contribution is 6.30. The Morgan fingerprint density at radius 2 is 2.25 bits per heavy atom. The number of piperazine rings is 1. The van der Waals surface area contributed by atoms with Gasteiger partial charge in [0.15, 0.2) is 0 Å². The molecule has 2 atom stereocenters. The molecule has 1 aliphatic rings. The van der Waals surface area contributed by atoms with E-state index in [2.05, 4.69) is 10.3 Å².